The highest BCUT2D eigenvalue weighted by Gasteiger charge is 2.17. The van der Waals surface area contributed by atoms with Gasteiger partial charge in [-0.25, -0.2) is 9.67 Å². The molecule has 1 aromatic carbocycles. The van der Waals surface area contributed by atoms with Crippen molar-refractivity contribution in [2.75, 3.05) is 0 Å². The van der Waals surface area contributed by atoms with Gasteiger partial charge in [0.05, 0.1) is 0 Å². The zero-order valence-corrected chi connectivity index (χ0v) is 13.6. The van der Waals surface area contributed by atoms with E-state index in [0.717, 1.165) is 11.4 Å². The lowest BCUT2D eigenvalue weighted by Gasteiger charge is -2.18. The van der Waals surface area contributed by atoms with Gasteiger partial charge < -0.3 is 0 Å². The summed E-state index contributed by atoms with van der Waals surface area (Å²) < 4.78 is 1.89. The van der Waals surface area contributed by atoms with Crippen LogP contribution in [-0.2, 0) is 12.8 Å². The Kier molecular flexibility index (Phi) is 5.58. The average Bonchev–Trinajstić information content (AvgIpc) is 2.90. The van der Waals surface area contributed by atoms with E-state index in [2.05, 4.69) is 29.4 Å². The maximum atomic E-state index is 6.21. The van der Waals surface area contributed by atoms with E-state index >= 15 is 0 Å². The Labute approximate surface area is 134 Å². The molecule has 2 aromatic rings. The molecule has 2 rings (SSSR count). The highest BCUT2D eigenvalue weighted by Crippen LogP contribution is 2.26. The standard InChI is InChI=1S/C14H19Cl2N5/c1-9(2)21-14(18-8-19-21)7-10(20-17)6-11-12(15)4-3-5-13(11)16/h3-5,8-10,20H,6-7,17H2,1-2H3. The summed E-state index contributed by atoms with van der Waals surface area (Å²) in [4.78, 5) is 4.30. The van der Waals surface area contributed by atoms with Crippen molar-refractivity contribution in [1.82, 2.24) is 20.2 Å². The van der Waals surface area contributed by atoms with Gasteiger partial charge in [0.15, 0.2) is 0 Å². The van der Waals surface area contributed by atoms with Gasteiger partial charge in [-0.3, -0.25) is 11.3 Å². The summed E-state index contributed by atoms with van der Waals surface area (Å²) in [7, 11) is 0. The van der Waals surface area contributed by atoms with E-state index in [-0.39, 0.29) is 12.1 Å². The van der Waals surface area contributed by atoms with Crippen molar-refractivity contribution in [2.45, 2.75) is 38.8 Å². The van der Waals surface area contributed by atoms with Crippen molar-refractivity contribution in [3.63, 3.8) is 0 Å². The molecule has 0 fully saturated rings. The Morgan fingerprint density at radius 2 is 1.90 bits per heavy atom. The predicted octanol–water partition coefficient (Wildman–Crippen LogP) is 2.78. The molecule has 1 atom stereocenters. The van der Waals surface area contributed by atoms with Gasteiger partial charge in [-0.05, 0) is 38.0 Å². The van der Waals surface area contributed by atoms with Crippen LogP contribution in [-0.4, -0.2) is 20.8 Å². The smallest absolute Gasteiger partial charge is 0.138 e. The molecule has 0 amide bonds. The summed E-state index contributed by atoms with van der Waals surface area (Å²) in [6, 6.07) is 5.71. The highest BCUT2D eigenvalue weighted by atomic mass is 35.5. The number of rotatable bonds is 6. The van der Waals surface area contributed by atoms with Gasteiger partial charge in [-0.1, -0.05) is 29.3 Å². The molecule has 0 spiro atoms. The first-order valence-electron chi connectivity index (χ1n) is 6.80. The summed E-state index contributed by atoms with van der Waals surface area (Å²) in [5.74, 6) is 6.56. The number of aromatic nitrogens is 3. The molecule has 0 saturated heterocycles. The molecule has 1 aromatic heterocycles. The van der Waals surface area contributed by atoms with Crippen LogP contribution in [0.25, 0.3) is 0 Å². The SMILES string of the molecule is CC(C)n1ncnc1CC(Cc1c(Cl)cccc1Cl)NN. The van der Waals surface area contributed by atoms with Crippen LogP contribution < -0.4 is 11.3 Å². The number of nitrogens with zero attached hydrogens (tertiary/aromatic N) is 3. The zero-order chi connectivity index (χ0) is 15.4. The first-order chi connectivity index (χ1) is 10.0. The van der Waals surface area contributed by atoms with E-state index in [0.29, 0.717) is 22.9 Å². The Bertz CT molecular complexity index is 577. The average molecular weight is 328 g/mol. The number of hydrogen-bond acceptors (Lipinski definition) is 4. The quantitative estimate of drug-likeness (QED) is 0.632. The Balaban J connectivity index is 2.15. The van der Waals surface area contributed by atoms with Crippen molar-refractivity contribution in [3.05, 3.63) is 46.0 Å². The number of hydrogen-bond donors (Lipinski definition) is 2. The largest absolute Gasteiger partial charge is 0.271 e. The second kappa shape index (κ2) is 7.22. The molecule has 0 radical (unpaired) electrons. The van der Waals surface area contributed by atoms with Gasteiger partial charge >= 0.3 is 0 Å². The number of hydrazine groups is 1. The topological polar surface area (TPSA) is 68.8 Å². The molecule has 0 bridgehead atoms. The van der Waals surface area contributed by atoms with E-state index in [1.165, 1.54) is 0 Å². The van der Waals surface area contributed by atoms with Crippen molar-refractivity contribution in [3.8, 4) is 0 Å². The maximum Gasteiger partial charge on any atom is 0.138 e. The molecule has 1 heterocycles. The first kappa shape index (κ1) is 16.2. The minimum absolute atomic E-state index is 0.0240. The fraction of sp³-hybridized carbons (Fsp3) is 0.429. The fourth-order valence-corrected chi connectivity index (χ4v) is 2.79. The normalized spacial score (nSPS) is 12.9. The second-order valence-corrected chi connectivity index (χ2v) is 6.00. The van der Waals surface area contributed by atoms with E-state index in [4.69, 9.17) is 29.0 Å². The lowest BCUT2D eigenvalue weighted by Crippen LogP contribution is -2.39. The summed E-state index contributed by atoms with van der Waals surface area (Å²) in [6.45, 7) is 4.13. The molecule has 7 heteroatoms. The van der Waals surface area contributed by atoms with Gasteiger partial charge in [-0.2, -0.15) is 5.10 Å². The monoisotopic (exact) mass is 327 g/mol. The molecule has 0 aliphatic carbocycles. The third kappa shape index (κ3) is 3.95. The van der Waals surface area contributed by atoms with Crippen LogP contribution in [0.2, 0.25) is 10.0 Å². The third-order valence-corrected chi connectivity index (χ3v) is 4.02. The summed E-state index contributed by atoms with van der Waals surface area (Å²) in [6.07, 6.45) is 2.83. The predicted molar refractivity (Wildman–Crippen MR) is 85.4 cm³/mol. The van der Waals surface area contributed by atoms with Crippen LogP contribution in [0.4, 0.5) is 0 Å². The third-order valence-electron chi connectivity index (χ3n) is 3.31. The molecule has 0 saturated carbocycles. The van der Waals surface area contributed by atoms with E-state index in [9.17, 15) is 0 Å². The first-order valence-corrected chi connectivity index (χ1v) is 7.56. The summed E-state index contributed by atoms with van der Waals surface area (Å²) in [5.41, 5.74) is 3.70. The van der Waals surface area contributed by atoms with E-state index in [1.807, 2.05) is 22.9 Å². The molecule has 0 aliphatic rings. The van der Waals surface area contributed by atoms with Gasteiger partial charge in [0.1, 0.15) is 12.2 Å². The lowest BCUT2D eigenvalue weighted by atomic mass is 10.0. The van der Waals surface area contributed by atoms with Crippen LogP contribution in [0.3, 0.4) is 0 Å². The van der Waals surface area contributed by atoms with Crippen LogP contribution >= 0.6 is 23.2 Å². The van der Waals surface area contributed by atoms with Crippen molar-refractivity contribution >= 4 is 23.2 Å². The molecule has 1 unspecified atom stereocenters. The molecule has 5 nitrogen and oxygen atoms in total. The number of benzene rings is 1. The van der Waals surface area contributed by atoms with Crippen molar-refractivity contribution < 1.29 is 0 Å². The molecule has 114 valence electrons. The van der Waals surface area contributed by atoms with Crippen LogP contribution in [0, 0.1) is 0 Å². The summed E-state index contributed by atoms with van der Waals surface area (Å²) >= 11 is 12.4. The van der Waals surface area contributed by atoms with Gasteiger partial charge in [0, 0.05) is 28.5 Å². The van der Waals surface area contributed by atoms with Crippen molar-refractivity contribution in [2.24, 2.45) is 5.84 Å². The number of nitrogens with one attached hydrogen (secondary N) is 1. The fourth-order valence-electron chi connectivity index (χ4n) is 2.24. The van der Waals surface area contributed by atoms with E-state index < -0.39 is 0 Å². The van der Waals surface area contributed by atoms with Crippen LogP contribution in [0.15, 0.2) is 24.5 Å². The number of halogens is 2. The van der Waals surface area contributed by atoms with Gasteiger partial charge in [0.2, 0.25) is 0 Å². The van der Waals surface area contributed by atoms with Crippen LogP contribution in [0.1, 0.15) is 31.3 Å². The maximum absolute atomic E-state index is 6.21. The number of nitrogens with two attached hydrogens (primary N) is 1. The molecule has 3 N–H and O–H groups in total. The molecular formula is C14H19Cl2N5. The Morgan fingerprint density at radius 3 is 2.48 bits per heavy atom. The van der Waals surface area contributed by atoms with Crippen LogP contribution in [0.5, 0.6) is 0 Å². The van der Waals surface area contributed by atoms with Gasteiger partial charge in [-0.15, -0.1) is 0 Å². The zero-order valence-electron chi connectivity index (χ0n) is 12.1. The van der Waals surface area contributed by atoms with E-state index in [1.54, 1.807) is 6.33 Å². The molecular weight excluding hydrogens is 309 g/mol. The Hall–Kier alpha value is -1.14. The molecule has 21 heavy (non-hydrogen) atoms. The Morgan fingerprint density at radius 1 is 1.24 bits per heavy atom. The van der Waals surface area contributed by atoms with Crippen molar-refractivity contribution in [1.29, 1.82) is 0 Å². The lowest BCUT2D eigenvalue weighted by molar-refractivity contribution is 0.459. The second-order valence-electron chi connectivity index (χ2n) is 5.19. The minimum Gasteiger partial charge on any atom is -0.271 e. The highest BCUT2D eigenvalue weighted by molar-refractivity contribution is 6.36. The van der Waals surface area contributed by atoms with Gasteiger partial charge in [0.25, 0.3) is 0 Å². The minimum atomic E-state index is -0.0240. The molecule has 0 aliphatic heterocycles. The summed E-state index contributed by atoms with van der Waals surface area (Å²) in [5, 5.41) is 5.52.